The lowest BCUT2D eigenvalue weighted by Gasteiger charge is -2.10. The van der Waals surface area contributed by atoms with Crippen molar-refractivity contribution in [3.05, 3.63) is 78.0 Å². The molecule has 0 aliphatic carbocycles. The summed E-state index contributed by atoms with van der Waals surface area (Å²) < 4.78 is 1.63. The molecule has 6 nitrogen and oxygen atoms in total. The highest BCUT2D eigenvalue weighted by atomic mass is 35.5. The molecule has 3 aromatic heterocycles. The van der Waals surface area contributed by atoms with Crippen molar-refractivity contribution >= 4 is 29.1 Å². The first kappa shape index (κ1) is 15.3. The molecule has 0 fully saturated rings. The first-order chi connectivity index (χ1) is 12.2. The van der Waals surface area contributed by atoms with Gasteiger partial charge in [-0.25, -0.2) is 15.0 Å². The van der Waals surface area contributed by atoms with Gasteiger partial charge in [0.05, 0.1) is 6.20 Å². The fourth-order valence-corrected chi connectivity index (χ4v) is 2.66. The fourth-order valence-electron chi connectivity index (χ4n) is 2.53. The van der Waals surface area contributed by atoms with Gasteiger partial charge in [0, 0.05) is 29.2 Å². The highest BCUT2D eigenvalue weighted by molar-refractivity contribution is 6.30. The minimum Gasteiger partial charge on any atom is -0.305 e. The van der Waals surface area contributed by atoms with Crippen molar-refractivity contribution in [1.29, 1.82) is 0 Å². The van der Waals surface area contributed by atoms with Crippen LogP contribution in [0.4, 0.5) is 5.82 Å². The maximum absolute atomic E-state index is 12.7. The second-order valence-corrected chi connectivity index (χ2v) is 5.73. The molecule has 122 valence electrons. The van der Waals surface area contributed by atoms with Crippen LogP contribution in [0, 0.1) is 0 Å². The summed E-state index contributed by atoms with van der Waals surface area (Å²) in [5, 5.41) is 3.50. The summed E-state index contributed by atoms with van der Waals surface area (Å²) >= 11 is 5.95. The monoisotopic (exact) mass is 349 g/mol. The molecule has 0 atom stereocenters. The van der Waals surface area contributed by atoms with Crippen LogP contribution in [-0.4, -0.2) is 25.3 Å². The number of anilines is 1. The molecule has 0 radical (unpaired) electrons. The van der Waals surface area contributed by atoms with E-state index in [9.17, 15) is 4.79 Å². The van der Waals surface area contributed by atoms with Crippen LogP contribution in [-0.2, 0) is 0 Å². The first-order valence-electron chi connectivity index (χ1n) is 7.53. The SMILES string of the molecule is O=C(Nc1ncccc1-c1ccc(Cl)cc1)c1cnc2ncccn12. The quantitative estimate of drug-likeness (QED) is 0.612. The number of halogens is 1. The minimum absolute atomic E-state index is 0.311. The van der Waals surface area contributed by atoms with Crippen molar-refractivity contribution in [2.75, 3.05) is 5.32 Å². The van der Waals surface area contributed by atoms with E-state index in [0.29, 0.717) is 22.3 Å². The summed E-state index contributed by atoms with van der Waals surface area (Å²) in [6, 6.07) is 12.8. The Morgan fingerprint density at radius 2 is 1.80 bits per heavy atom. The number of pyridine rings is 1. The Hall–Kier alpha value is -3.25. The Bertz CT molecular complexity index is 1060. The zero-order valence-electron chi connectivity index (χ0n) is 12.9. The number of fused-ring (bicyclic) bond motifs is 1. The molecule has 0 aliphatic heterocycles. The Labute approximate surface area is 148 Å². The molecule has 0 saturated heterocycles. The maximum Gasteiger partial charge on any atom is 0.275 e. The maximum atomic E-state index is 12.7. The van der Waals surface area contributed by atoms with Crippen LogP contribution in [0.25, 0.3) is 16.9 Å². The fraction of sp³-hybridized carbons (Fsp3) is 0. The van der Waals surface area contributed by atoms with Crippen LogP contribution < -0.4 is 5.32 Å². The van der Waals surface area contributed by atoms with Crippen LogP contribution in [0.5, 0.6) is 0 Å². The molecule has 4 rings (SSSR count). The van der Waals surface area contributed by atoms with Gasteiger partial charge < -0.3 is 5.32 Å². The standard InChI is InChI=1S/C18H12ClN5O/c19-13-6-4-12(5-7-13)14-3-1-8-20-16(14)23-17(25)15-11-22-18-21-9-2-10-24(15)18/h1-11H,(H,20,23,25). The summed E-state index contributed by atoms with van der Waals surface area (Å²) in [5.74, 6) is 0.620. The Balaban J connectivity index is 1.69. The van der Waals surface area contributed by atoms with Crippen LogP contribution in [0.15, 0.2) is 67.3 Å². The van der Waals surface area contributed by atoms with E-state index in [2.05, 4.69) is 20.3 Å². The van der Waals surface area contributed by atoms with E-state index in [1.807, 2.05) is 24.3 Å². The van der Waals surface area contributed by atoms with Crippen LogP contribution in [0.1, 0.15) is 10.5 Å². The number of hydrogen-bond acceptors (Lipinski definition) is 4. The van der Waals surface area contributed by atoms with E-state index in [-0.39, 0.29) is 5.91 Å². The molecule has 0 spiro atoms. The number of imidazole rings is 1. The molecule has 1 amide bonds. The van der Waals surface area contributed by atoms with Gasteiger partial charge >= 0.3 is 0 Å². The molecule has 0 unspecified atom stereocenters. The molecular formula is C18H12ClN5O. The Morgan fingerprint density at radius 3 is 2.64 bits per heavy atom. The highest BCUT2D eigenvalue weighted by Gasteiger charge is 2.15. The van der Waals surface area contributed by atoms with E-state index >= 15 is 0 Å². The predicted octanol–water partition coefficient (Wildman–Crippen LogP) is 3.70. The van der Waals surface area contributed by atoms with Gasteiger partial charge in [-0.2, -0.15) is 0 Å². The largest absolute Gasteiger partial charge is 0.305 e. The second-order valence-electron chi connectivity index (χ2n) is 5.29. The van der Waals surface area contributed by atoms with Gasteiger partial charge in [-0.1, -0.05) is 23.7 Å². The zero-order valence-corrected chi connectivity index (χ0v) is 13.7. The summed E-state index contributed by atoms with van der Waals surface area (Å²) in [6.45, 7) is 0. The lowest BCUT2D eigenvalue weighted by Crippen LogP contribution is -2.15. The summed E-state index contributed by atoms with van der Waals surface area (Å²) in [5.41, 5.74) is 2.10. The number of benzene rings is 1. The minimum atomic E-state index is -0.311. The van der Waals surface area contributed by atoms with Gasteiger partial charge in [0.2, 0.25) is 5.78 Å². The molecule has 4 aromatic rings. The van der Waals surface area contributed by atoms with Crippen molar-refractivity contribution < 1.29 is 4.79 Å². The molecule has 0 aliphatic rings. The number of carbonyl (C=O) groups is 1. The van der Waals surface area contributed by atoms with Crippen molar-refractivity contribution in [2.24, 2.45) is 0 Å². The number of amides is 1. The third-order valence-electron chi connectivity index (χ3n) is 3.72. The van der Waals surface area contributed by atoms with Gasteiger partial charge in [-0.3, -0.25) is 9.20 Å². The lowest BCUT2D eigenvalue weighted by atomic mass is 10.1. The molecule has 0 bridgehead atoms. The predicted molar refractivity (Wildman–Crippen MR) is 95.6 cm³/mol. The summed E-state index contributed by atoms with van der Waals surface area (Å²) in [4.78, 5) is 25.2. The summed E-state index contributed by atoms with van der Waals surface area (Å²) in [6.07, 6.45) is 6.48. The van der Waals surface area contributed by atoms with E-state index in [0.717, 1.165) is 11.1 Å². The van der Waals surface area contributed by atoms with Gasteiger partial charge in [-0.05, 0) is 35.9 Å². The smallest absolute Gasteiger partial charge is 0.275 e. The Kier molecular flexibility index (Phi) is 3.87. The van der Waals surface area contributed by atoms with Crippen LogP contribution >= 0.6 is 11.6 Å². The second kappa shape index (κ2) is 6.33. The number of carbonyl (C=O) groups excluding carboxylic acids is 1. The molecule has 0 saturated carbocycles. The number of nitrogens with one attached hydrogen (secondary N) is 1. The van der Waals surface area contributed by atoms with Crippen LogP contribution in [0.3, 0.4) is 0 Å². The van der Waals surface area contributed by atoms with Gasteiger partial charge in [0.25, 0.3) is 5.91 Å². The molecule has 1 N–H and O–H groups in total. The third kappa shape index (κ3) is 2.95. The number of rotatable bonds is 3. The van der Waals surface area contributed by atoms with Gasteiger partial charge in [0.15, 0.2) is 0 Å². The lowest BCUT2D eigenvalue weighted by molar-refractivity contribution is 0.102. The molecule has 25 heavy (non-hydrogen) atoms. The number of aromatic nitrogens is 4. The van der Waals surface area contributed by atoms with Gasteiger partial charge in [-0.15, -0.1) is 0 Å². The van der Waals surface area contributed by atoms with Gasteiger partial charge in [0.1, 0.15) is 11.5 Å². The average Bonchev–Trinajstić information content (AvgIpc) is 3.07. The average molecular weight is 350 g/mol. The third-order valence-corrected chi connectivity index (χ3v) is 3.97. The summed E-state index contributed by atoms with van der Waals surface area (Å²) in [7, 11) is 0. The van der Waals surface area contributed by atoms with Crippen molar-refractivity contribution in [3.63, 3.8) is 0 Å². The van der Waals surface area contributed by atoms with E-state index in [1.54, 1.807) is 41.2 Å². The molecule has 3 heterocycles. The molecule has 7 heteroatoms. The van der Waals surface area contributed by atoms with Crippen molar-refractivity contribution in [2.45, 2.75) is 0 Å². The Morgan fingerprint density at radius 1 is 1.00 bits per heavy atom. The van der Waals surface area contributed by atoms with Crippen molar-refractivity contribution in [1.82, 2.24) is 19.4 Å². The van der Waals surface area contributed by atoms with E-state index in [1.165, 1.54) is 6.20 Å². The van der Waals surface area contributed by atoms with Crippen LogP contribution in [0.2, 0.25) is 5.02 Å². The number of nitrogens with zero attached hydrogens (tertiary/aromatic N) is 4. The molecular weight excluding hydrogens is 338 g/mol. The zero-order chi connectivity index (χ0) is 17.2. The highest BCUT2D eigenvalue weighted by Crippen LogP contribution is 2.27. The van der Waals surface area contributed by atoms with Crippen molar-refractivity contribution in [3.8, 4) is 11.1 Å². The molecule has 1 aromatic carbocycles. The first-order valence-corrected chi connectivity index (χ1v) is 7.90. The van der Waals surface area contributed by atoms with E-state index in [4.69, 9.17) is 11.6 Å². The normalized spacial score (nSPS) is 10.8. The topological polar surface area (TPSA) is 72.2 Å². The number of hydrogen-bond donors (Lipinski definition) is 1. The van der Waals surface area contributed by atoms with E-state index < -0.39 is 0 Å².